The van der Waals surface area contributed by atoms with Crippen molar-refractivity contribution in [2.45, 2.75) is 52.0 Å². The van der Waals surface area contributed by atoms with Gasteiger partial charge < -0.3 is 5.73 Å². The Morgan fingerprint density at radius 1 is 1.27 bits per heavy atom. The Labute approximate surface area is 70.7 Å². The van der Waals surface area contributed by atoms with E-state index in [1.54, 1.807) is 0 Å². The first kappa shape index (κ1) is 10.7. The molecule has 0 heterocycles. The molecule has 0 aromatic carbocycles. The normalized spacial score (nSPS) is 14.1. The summed E-state index contributed by atoms with van der Waals surface area (Å²) in [6.45, 7) is 4.31. The van der Waals surface area contributed by atoms with E-state index in [1.807, 2.05) is 0 Å². The van der Waals surface area contributed by atoms with Crippen molar-refractivity contribution in [2.24, 2.45) is 5.73 Å². The van der Waals surface area contributed by atoms with E-state index in [-0.39, 0.29) is 0 Å². The minimum Gasteiger partial charge on any atom is -0.328 e. The van der Waals surface area contributed by atoms with E-state index in [1.165, 1.54) is 19.3 Å². The topological polar surface area (TPSA) is 26.0 Å². The van der Waals surface area contributed by atoms with Crippen LogP contribution in [0.3, 0.4) is 0 Å². The molecule has 0 bridgehead atoms. The van der Waals surface area contributed by atoms with E-state index in [9.17, 15) is 0 Å². The predicted molar refractivity (Wildman–Crippen MR) is 51.5 cm³/mol. The van der Waals surface area contributed by atoms with Crippen LogP contribution in [0.15, 0.2) is 12.2 Å². The van der Waals surface area contributed by atoms with Crippen molar-refractivity contribution < 1.29 is 0 Å². The monoisotopic (exact) mass is 155 g/mol. The molecule has 0 spiro atoms. The van der Waals surface area contributed by atoms with Crippen molar-refractivity contribution in [1.29, 1.82) is 0 Å². The lowest BCUT2D eigenvalue weighted by molar-refractivity contribution is 0.572. The first-order valence-electron chi connectivity index (χ1n) is 4.71. The second-order valence-corrected chi connectivity index (χ2v) is 2.98. The third kappa shape index (κ3) is 7.60. The van der Waals surface area contributed by atoms with Gasteiger partial charge in [0.25, 0.3) is 0 Å². The van der Waals surface area contributed by atoms with Crippen molar-refractivity contribution in [3.8, 4) is 0 Å². The fourth-order valence-electron chi connectivity index (χ4n) is 0.987. The Bertz CT molecular complexity index is 97.0. The zero-order valence-corrected chi connectivity index (χ0v) is 7.84. The number of hydrogen-bond acceptors (Lipinski definition) is 1. The lowest BCUT2D eigenvalue weighted by Crippen LogP contribution is -2.17. The van der Waals surface area contributed by atoms with Gasteiger partial charge in [-0.25, -0.2) is 0 Å². The number of rotatable bonds is 6. The van der Waals surface area contributed by atoms with Crippen molar-refractivity contribution in [2.75, 3.05) is 0 Å². The molecule has 0 aliphatic heterocycles. The van der Waals surface area contributed by atoms with Crippen molar-refractivity contribution in [1.82, 2.24) is 0 Å². The van der Waals surface area contributed by atoms with Crippen molar-refractivity contribution in [3.05, 3.63) is 12.2 Å². The quantitative estimate of drug-likeness (QED) is 0.463. The Hall–Kier alpha value is -0.300. The summed E-state index contributed by atoms with van der Waals surface area (Å²) in [5.41, 5.74) is 5.76. The third-order valence-corrected chi connectivity index (χ3v) is 1.87. The summed E-state index contributed by atoms with van der Waals surface area (Å²) in [5.74, 6) is 0. The molecule has 0 saturated carbocycles. The van der Waals surface area contributed by atoms with E-state index < -0.39 is 0 Å². The molecule has 0 aromatic heterocycles. The summed E-state index contributed by atoms with van der Waals surface area (Å²) in [4.78, 5) is 0. The second-order valence-electron chi connectivity index (χ2n) is 2.98. The fourth-order valence-corrected chi connectivity index (χ4v) is 0.987. The highest BCUT2D eigenvalue weighted by Gasteiger charge is 1.95. The maximum Gasteiger partial charge on any atom is 0.00363 e. The smallest absolute Gasteiger partial charge is 0.00363 e. The summed E-state index contributed by atoms with van der Waals surface area (Å²) in [5, 5.41) is 0. The summed E-state index contributed by atoms with van der Waals surface area (Å²) in [6.07, 6.45) is 10.3. The molecule has 1 nitrogen and oxygen atoms in total. The molecule has 1 atom stereocenters. The zero-order chi connectivity index (χ0) is 8.53. The molecule has 0 saturated heterocycles. The molecular weight excluding hydrogens is 134 g/mol. The molecule has 0 amide bonds. The van der Waals surface area contributed by atoms with E-state index in [0.717, 1.165) is 12.8 Å². The van der Waals surface area contributed by atoms with Crippen LogP contribution in [0.1, 0.15) is 46.0 Å². The number of allylic oxidation sites excluding steroid dienone is 2. The molecule has 1 unspecified atom stereocenters. The summed E-state index contributed by atoms with van der Waals surface area (Å²) in [6, 6.07) is 0.421. The Balaban J connectivity index is 3.07. The SMILES string of the molecule is CC/C=C\CCCC(N)CC. The molecule has 66 valence electrons. The van der Waals surface area contributed by atoms with Crippen LogP contribution in [-0.4, -0.2) is 6.04 Å². The number of unbranched alkanes of at least 4 members (excludes halogenated alkanes) is 1. The van der Waals surface area contributed by atoms with E-state index in [2.05, 4.69) is 26.0 Å². The maximum absolute atomic E-state index is 5.76. The largest absolute Gasteiger partial charge is 0.328 e. The third-order valence-electron chi connectivity index (χ3n) is 1.87. The standard InChI is InChI=1S/C10H21N/c1-3-5-6-7-8-9-10(11)4-2/h5-6,10H,3-4,7-9,11H2,1-2H3/b6-5-. The number of hydrogen-bond donors (Lipinski definition) is 1. The van der Waals surface area contributed by atoms with Gasteiger partial charge in [-0.2, -0.15) is 0 Å². The van der Waals surface area contributed by atoms with Crippen molar-refractivity contribution >= 4 is 0 Å². The van der Waals surface area contributed by atoms with Crippen LogP contribution < -0.4 is 5.73 Å². The Kier molecular flexibility index (Phi) is 7.59. The lowest BCUT2D eigenvalue weighted by Gasteiger charge is -2.05. The van der Waals surface area contributed by atoms with Gasteiger partial charge in [-0.15, -0.1) is 0 Å². The van der Waals surface area contributed by atoms with Crippen LogP contribution in [0.4, 0.5) is 0 Å². The van der Waals surface area contributed by atoms with E-state index >= 15 is 0 Å². The highest BCUT2D eigenvalue weighted by atomic mass is 14.6. The molecule has 0 rings (SSSR count). The van der Waals surface area contributed by atoms with Gasteiger partial charge in [-0.05, 0) is 32.1 Å². The van der Waals surface area contributed by atoms with Gasteiger partial charge >= 0.3 is 0 Å². The minimum absolute atomic E-state index is 0.421. The van der Waals surface area contributed by atoms with Crippen LogP contribution in [0.25, 0.3) is 0 Å². The summed E-state index contributed by atoms with van der Waals surface area (Å²) in [7, 11) is 0. The van der Waals surface area contributed by atoms with Crippen LogP contribution in [-0.2, 0) is 0 Å². The highest BCUT2D eigenvalue weighted by Crippen LogP contribution is 2.02. The zero-order valence-electron chi connectivity index (χ0n) is 7.84. The van der Waals surface area contributed by atoms with Gasteiger partial charge in [0.1, 0.15) is 0 Å². The average molecular weight is 155 g/mol. The first-order chi connectivity index (χ1) is 5.31. The molecule has 2 N–H and O–H groups in total. The molecule has 0 radical (unpaired) electrons. The lowest BCUT2D eigenvalue weighted by atomic mass is 10.1. The van der Waals surface area contributed by atoms with Gasteiger partial charge in [0, 0.05) is 6.04 Å². The van der Waals surface area contributed by atoms with Gasteiger partial charge in [-0.1, -0.05) is 26.0 Å². The molecule has 1 heteroatoms. The van der Waals surface area contributed by atoms with Gasteiger partial charge in [0.15, 0.2) is 0 Å². The minimum atomic E-state index is 0.421. The molecule has 0 aliphatic rings. The predicted octanol–water partition coefficient (Wildman–Crippen LogP) is 2.86. The van der Waals surface area contributed by atoms with Crippen molar-refractivity contribution in [3.63, 3.8) is 0 Å². The maximum atomic E-state index is 5.76. The molecular formula is C10H21N. The van der Waals surface area contributed by atoms with Gasteiger partial charge in [-0.3, -0.25) is 0 Å². The average Bonchev–Trinajstić information content (AvgIpc) is 2.04. The van der Waals surface area contributed by atoms with E-state index in [0.29, 0.717) is 6.04 Å². The van der Waals surface area contributed by atoms with Gasteiger partial charge in [0.05, 0.1) is 0 Å². The highest BCUT2D eigenvalue weighted by molar-refractivity contribution is 4.80. The van der Waals surface area contributed by atoms with Crippen LogP contribution in [0.2, 0.25) is 0 Å². The van der Waals surface area contributed by atoms with Crippen LogP contribution >= 0.6 is 0 Å². The van der Waals surface area contributed by atoms with Gasteiger partial charge in [0.2, 0.25) is 0 Å². The molecule has 0 aromatic rings. The van der Waals surface area contributed by atoms with E-state index in [4.69, 9.17) is 5.73 Å². The molecule has 0 fully saturated rings. The first-order valence-corrected chi connectivity index (χ1v) is 4.71. The summed E-state index contributed by atoms with van der Waals surface area (Å²) < 4.78 is 0. The Morgan fingerprint density at radius 2 is 2.00 bits per heavy atom. The van der Waals surface area contributed by atoms with Crippen LogP contribution in [0, 0.1) is 0 Å². The molecule has 0 aliphatic carbocycles. The fraction of sp³-hybridized carbons (Fsp3) is 0.800. The molecule has 11 heavy (non-hydrogen) atoms. The van der Waals surface area contributed by atoms with Crippen LogP contribution in [0.5, 0.6) is 0 Å². The number of nitrogens with two attached hydrogens (primary N) is 1. The summed E-state index contributed by atoms with van der Waals surface area (Å²) >= 11 is 0. The Morgan fingerprint density at radius 3 is 2.55 bits per heavy atom. The second kappa shape index (κ2) is 7.80.